The smallest absolute Gasteiger partial charge is 0.175 e. The van der Waals surface area contributed by atoms with Crippen molar-refractivity contribution in [3.05, 3.63) is 54.5 Å². The molecule has 2 heterocycles. The van der Waals surface area contributed by atoms with Gasteiger partial charge in [0.1, 0.15) is 18.1 Å². The van der Waals surface area contributed by atoms with E-state index in [-0.39, 0.29) is 5.75 Å². The molecule has 0 atom stereocenters. The van der Waals surface area contributed by atoms with Gasteiger partial charge in [0.15, 0.2) is 11.5 Å². The van der Waals surface area contributed by atoms with Crippen molar-refractivity contribution in [2.75, 3.05) is 0 Å². The second kappa shape index (κ2) is 4.37. The molecule has 18 heavy (non-hydrogen) atoms. The predicted octanol–water partition coefficient (Wildman–Crippen LogP) is 2.01. The van der Waals surface area contributed by atoms with Crippen LogP contribution >= 0.6 is 0 Å². The van der Waals surface area contributed by atoms with Crippen LogP contribution < -0.4 is 4.74 Å². The van der Waals surface area contributed by atoms with Crippen LogP contribution in [0.5, 0.6) is 11.5 Å². The summed E-state index contributed by atoms with van der Waals surface area (Å²) in [5.74, 6) is 1.50. The fourth-order valence-corrected chi connectivity index (χ4v) is 1.71. The summed E-state index contributed by atoms with van der Waals surface area (Å²) in [6.07, 6.45) is 1.89. The molecule has 0 amide bonds. The summed E-state index contributed by atoms with van der Waals surface area (Å²) in [5.41, 5.74) is 0.784. The van der Waals surface area contributed by atoms with Crippen LogP contribution in [0.4, 0.5) is 0 Å². The number of nitrogens with zero attached hydrogens (tertiary/aromatic N) is 3. The topological polar surface area (TPSA) is 59.7 Å². The highest BCUT2D eigenvalue weighted by atomic mass is 16.5. The van der Waals surface area contributed by atoms with E-state index < -0.39 is 0 Å². The van der Waals surface area contributed by atoms with Crippen molar-refractivity contribution < 1.29 is 9.84 Å². The van der Waals surface area contributed by atoms with Gasteiger partial charge >= 0.3 is 0 Å². The highest BCUT2D eigenvalue weighted by Crippen LogP contribution is 2.18. The van der Waals surface area contributed by atoms with Crippen molar-refractivity contribution in [3.63, 3.8) is 0 Å². The van der Waals surface area contributed by atoms with E-state index in [4.69, 9.17) is 4.74 Å². The molecule has 0 bridgehead atoms. The number of fused-ring (bicyclic) bond motifs is 1. The standard InChI is InChI=1S/C13H11N3O2/c17-10-4-3-5-11(8-10)18-9-13-15-14-12-6-1-2-7-16(12)13/h1-8,17H,9H2. The number of hydrogen-bond donors (Lipinski definition) is 1. The molecule has 0 unspecified atom stereocenters. The Morgan fingerprint density at radius 1 is 1.11 bits per heavy atom. The SMILES string of the molecule is Oc1cccc(OCc2nnc3ccccn23)c1. The first kappa shape index (κ1) is 10.6. The van der Waals surface area contributed by atoms with Crippen LogP contribution in [0.3, 0.4) is 0 Å². The summed E-state index contributed by atoms with van der Waals surface area (Å²) >= 11 is 0. The third-order valence-electron chi connectivity index (χ3n) is 2.57. The third kappa shape index (κ3) is 1.98. The van der Waals surface area contributed by atoms with E-state index in [0.29, 0.717) is 18.2 Å². The lowest BCUT2D eigenvalue weighted by molar-refractivity contribution is 0.293. The van der Waals surface area contributed by atoms with Gasteiger partial charge in [0.25, 0.3) is 0 Å². The van der Waals surface area contributed by atoms with Gasteiger partial charge in [0, 0.05) is 12.3 Å². The maximum absolute atomic E-state index is 9.33. The molecule has 0 fully saturated rings. The Hall–Kier alpha value is -2.56. The molecule has 0 aliphatic rings. The van der Waals surface area contributed by atoms with E-state index in [1.165, 1.54) is 0 Å². The summed E-state index contributed by atoms with van der Waals surface area (Å²) in [6, 6.07) is 12.4. The van der Waals surface area contributed by atoms with Gasteiger partial charge in [-0.3, -0.25) is 4.40 Å². The predicted molar refractivity (Wildman–Crippen MR) is 65.4 cm³/mol. The zero-order chi connectivity index (χ0) is 12.4. The monoisotopic (exact) mass is 241 g/mol. The Morgan fingerprint density at radius 3 is 2.94 bits per heavy atom. The van der Waals surface area contributed by atoms with Gasteiger partial charge in [-0.25, -0.2) is 0 Å². The lowest BCUT2D eigenvalue weighted by atomic mass is 10.3. The van der Waals surface area contributed by atoms with Crippen LogP contribution in [-0.4, -0.2) is 19.7 Å². The van der Waals surface area contributed by atoms with Crippen molar-refractivity contribution in [1.82, 2.24) is 14.6 Å². The fourth-order valence-electron chi connectivity index (χ4n) is 1.71. The molecular weight excluding hydrogens is 230 g/mol. The number of hydrogen-bond acceptors (Lipinski definition) is 4. The molecule has 0 spiro atoms. The first-order chi connectivity index (χ1) is 8.83. The molecule has 1 aromatic carbocycles. The molecule has 0 aliphatic carbocycles. The zero-order valence-electron chi connectivity index (χ0n) is 9.52. The molecule has 0 radical (unpaired) electrons. The minimum Gasteiger partial charge on any atom is -0.508 e. The Balaban J connectivity index is 1.81. The first-order valence-electron chi connectivity index (χ1n) is 5.53. The third-order valence-corrected chi connectivity index (χ3v) is 2.57. The molecule has 90 valence electrons. The van der Waals surface area contributed by atoms with Gasteiger partial charge < -0.3 is 9.84 Å². The van der Waals surface area contributed by atoms with Crippen LogP contribution in [0.15, 0.2) is 48.7 Å². The van der Waals surface area contributed by atoms with Crippen molar-refractivity contribution in [2.24, 2.45) is 0 Å². The fraction of sp³-hybridized carbons (Fsp3) is 0.0769. The quantitative estimate of drug-likeness (QED) is 0.762. The Morgan fingerprint density at radius 2 is 2.06 bits per heavy atom. The van der Waals surface area contributed by atoms with Crippen molar-refractivity contribution >= 4 is 5.65 Å². The first-order valence-corrected chi connectivity index (χ1v) is 5.53. The number of pyridine rings is 1. The number of aromatic hydroxyl groups is 1. The van der Waals surface area contributed by atoms with E-state index >= 15 is 0 Å². The van der Waals surface area contributed by atoms with Gasteiger partial charge in [-0.2, -0.15) is 0 Å². The molecule has 5 nitrogen and oxygen atoms in total. The van der Waals surface area contributed by atoms with E-state index in [1.54, 1.807) is 24.3 Å². The average molecular weight is 241 g/mol. The van der Waals surface area contributed by atoms with Crippen molar-refractivity contribution in [3.8, 4) is 11.5 Å². The highest BCUT2D eigenvalue weighted by Gasteiger charge is 2.05. The molecule has 5 heteroatoms. The normalized spacial score (nSPS) is 10.7. The number of phenolic OH excluding ortho intramolecular Hbond substituents is 1. The van der Waals surface area contributed by atoms with E-state index in [0.717, 1.165) is 5.65 Å². The molecule has 0 saturated carbocycles. The Kier molecular flexibility index (Phi) is 2.57. The van der Waals surface area contributed by atoms with Crippen LogP contribution in [0.2, 0.25) is 0 Å². The summed E-state index contributed by atoms with van der Waals surface area (Å²) in [6.45, 7) is 0.300. The number of ether oxygens (including phenoxy) is 1. The van der Waals surface area contributed by atoms with Gasteiger partial charge in [-0.1, -0.05) is 12.1 Å². The largest absolute Gasteiger partial charge is 0.508 e. The number of benzene rings is 1. The highest BCUT2D eigenvalue weighted by molar-refractivity contribution is 5.37. The molecule has 0 aliphatic heterocycles. The van der Waals surface area contributed by atoms with Gasteiger partial charge in [-0.05, 0) is 24.3 Å². The van der Waals surface area contributed by atoms with Crippen LogP contribution in [0.1, 0.15) is 5.82 Å². The maximum Gasteiger partial charge on any atom is 0.175 e. The molecule has 2 aromatic heterocycles. The average Bonchev–Trinajstić information content (AvgIpc) is 2.80. The molecule has 1 N–H and O–H groups in total. The van der Waals surface area contributed by atoms with Crippen LogP contribution in [-0.2, 0) is 6.61 Å². The van der Waals surface area contributed by atoms with E-state index in [1.807, 2.05) is 28.8 Å². The number of phenols is 1. The van der Waals surface area contributed by atoms with Crippen molar-refractivity contribution in [2.45, 2.75) is 6.61 Å². The summed E-state index contributed by atoms with van der Waals surface area (Å²) in [4.78, 5) is 0. The summed E-state index contributed by atoms with van der Waals surface area (Å²) in [5, 5.41) is 17.4. The maximum atomic E-state index is 9.33. The minimum absolute atomic E-state index is 0.179. The number of aromatic nitrogens is 3. The lowest BCUT2D eigenvalue weighted by Crippen LogP contribution is -2.00. The zero-order valence-corrected chi connectivity index (χ0v) is 9.52. The lowest BCUT2D eigenvalue weighted by Gasteiger charge is -2.05. The van der Waals surface area contributed by atoms with Gasteiger partial charge in [-0.15, -0.1) is 10.2 Å². The second-order valence-electron chi connectivity index (χ2n) is 3.83. The van der Waals surface area contributed by atoms with Gasteiger partial charge in [0.05, 0.1) is 0 Å². The summed E-state index contributed by atoms with van der Waals surface area (Å²) < 4.78 is 7.42. The Labute approximate surface area is 103 Å². The van der Waals surface area contributed by atoms with E-state index in [2.05, 4.69) is 10.2 Å². The van der Waals surface area contributed by atoms with Crippen LogP contribution in [0, 0.1) is 0 Å². The summed E-state index contributed by atoms with van der Waals surface area (Å²) in [7, 11) is 0. The van der Waals surface area contributed by atoms with E-state index in [9.17, 15) is 5.11 Å². The van der Waals surface area contributed by atoms with Gasteiger partial charge in [0.2, 0.25) is 0 Å². The van der Waals surface area contributed by atoms with Crippen molar-refractivity contribution in [1.29, 1.82) is 0 Å². The minimum atomic E-state index is 0.179. The van der Waals surface area contributed by atoms with Crippen LogP contribution in [0.25, 0.3) is 5.65 Å². The molecule has 0 saturated heterocycles. The molecular formula is C13H11N3O2. The Bertz CT molecular complexity index is 679. The molecule has 3 rings (SSSR count). The second-order valence-corrected chi connectivity index (χ2v) is 3.83. The number of rotatable bonds is 3. The molecule has 3 aromatic rings.